The van der Waals surface area contributed by atoms with E-state index in [1.54, 1.807) is 6.20 Å². The van der Waals surface area contributed by atoms with Crippen LogP contribution < -0.4 is 10.6 Å². The van der Waals surface area contributed by atoms with Gasteiger partial charge in [0.25, 0.3) is 0 Å². The summed E-state index contributed by atoms with van der Waals surface area (Å²) in [5.41, 5.74) is 2.54. The third kappa shape index (κ3) is 2.54. The van der Waals surface area contributed by atoms with Gasteiger partial charge in [-0.3, -0.25) is 14.7 Å². The normalized spacial score (nSPS) is 17.8. The number of nitrogens with zero attached hydrogens (tertiary/aromatic N) is 1. The van der Waals surface area contributed by atoms with Gasteiger partial charge in [-0.05, 0) is 18.2 Å². The Hall–Kier alpha value is -2.63. The summed E-state index contributed by atoms with van der Waals surface area (Å²) in [5, 5.41) is 12.3. The third-order valence-corrected chi connectivity index (χ3v) is 3.29. The van der Waals surface area contributed by atoms with Gasteiger partial charge in [0.05, 0.1) is 11.6 Å². The molecule has 3 rings (SSSR count). The molecular formula is C14H14N4O2. The molecule has 6 heteroatoms. The van der Waals surface area contributed by atoms with Gasteiger partial charge in [-0.2, -0.15) is 5.10 Å². The lowest BCUT2D eigenvalue weighted by molar-refractivity contribution is -0.123. The molecule has 0 saturated carbocycles. The maximum atomic E-state index is 12.0. The van der Waals surface area contributed by atoms with Crippen LogP contribution in [-0.2, 0) is 9.59 Å². The minimum absolute atomic E-state index is 0.0728. The van der Waals surface area contributed by atoms with E-state index in [1.807, 2.05) is 30.3 Å². The van der Waals surface area contributed by atoms with Crippen molar-refractivity contribution in [1.29, 1.82) is 0 Å². The zero-order valence-corrected chi connectivity index (χ0v) is 10.7. The number of amides is 2. The molecule has 102 valence electrons. The van der Waals surface area contributed by atoms with Crippen molar-refractivity contribution in [3.05, 3.63) is 36.5 Å². The first-order chi connectivity index (χ1) is 9.72. The summed E-state index contributed by atoms with van der Waals surface area (Å²) in [4.78, 5) is 23.2. The van der Waals surface area contributed by atoms with Crippen LogP contribution >= 0.6 is 0 Å². The monoisotopic (exact) mass is 270 g/mol. The molecule has 1 saturated heterocycles. The number of nitrogens with one attached hydrogen (secondary N) is 3. The van der Waals surface area contributed by atoms with E-state index in [0.29, 0.717) is 12.2 Å². The predicted molar refractivity (Wildman–Crippen MR) is 73.8 cm³/mol. The summed E-state index contributed by atoms with van der Waals surface area (Å²) in [6.45, 7) is 0.408. The van der Waals surface area contributed by atoms with Crippen LogP contribution in [0.25, 0.3) is 11.3 Å². The highest BCUT2D eigenvalue weighted by Gasteiger charge is 2.27. The van der Waals surface area contributed by atoms with E-state index in [-0.39, 0.29) is 24.2 Å². The van der Waals surface area contributed by atoms with E-state index < -0.39 is 0 Å². The second-order valence-corrected chi connectivity index (χ2v) is 4.75. The molecule has 0 bridgehead atoms. The SMILES string of the molecule is O=C1CC(C(=O)Nc2cccc(-c3ccn[nH]3)c2)CN1. The highest BCUT2D eigenvalue weighted by atomic mass is 16.2. The van der Waals surface area contributed by atoms with Crippen LogP contribution in [0.15, 0.2) is 36.5 Å². The van der Waals surface area contributed by atoms with Crippen molar-refractivity contribution in [2.24, 2.45) is 5.92 Å². The molecule has 1 unspecified atom stereocenters. The quantitative estimate of drug-likeness (QED) is 0.782. The molecule has 1 atom stereocenters. The van der Waals surface area contributed by atoms with Gasteiger partial charge in [-0.25, -0.2) is 0 Å². The van der Waals surface area contributed by atoms with E-state index in [4.69, 9.17) is 0 Å². The molecule has 2 aromatic rings. The first-order valence-corrected chi connectivity index (χ1v) is 6.40. The van der Waals surface area contributed by atoms with Crippen LogP contribution in [0, 0.1) is 5.92 Å². The minimum Gasteiger partial charge on any atom is -0.355 e. The number of hydrogen-bond donors (Lipinski definition) is 3. The summed E-state index contributed by atoms with van der Waals surface area (Å²) in [6, 6.07) is 9.35. The van der Waals surface area contributed by atoms with Crippen molar-refractivity contribution in [2.45, 2.75) is 6.42 Å². The fraction of sp³-hybridized carbons (Fsp3) is 0.214. The fourth-order valence-electron chi connectivity index (χ4n) is 2.22. The largest absolute Gasteiger partial charge is 0.355 e. The number of benzene rings is 1. The maximum Gasteiger partial charge on any atom is 0.229 e. The lowest BCUT2D eigenvalue weighted by Crippen LogP contribution is -2.24. The zero-order valence-electron chi connectivity index (χ0n) is 10.7. The predicted octanol–water partition coefficient (Wildman–Crippen LogP) is 1.15. The van der Waals surface area contributed by atoms with Crippen molar-refractivity contribution in [3.63, 3.8) is 0 Å². The third-order valence-electron chi connectivity index (χ3n) is 3.29. The molecule has 1 aliphatic heterocycles. The van der Waals surface area contributed by atoms with Gasteiger partial charge >= 0.3 is 0 Å². The van der Waals surface area contributed by atoms with E-state index in [2.05, 4.69) is 20.8 Å². The van der Waals surface area contributed by atoms with E-state index >= 15 is 0 Å². The average molecular weight is 270 g/mol. The van der Waals surface area contributed by atoms with Crippen LogP contribution in [0.4, 0.5) is 5.69 Å². The van der Waals surface area contributed by atoms with Gasteiger partial charge in [0.15, 0.2) is 0 Å². The molecule has 0 spiro atoms. The summed E-state index contributed by atoms with van der Waals surface area (Å²) < 4.78 is 0. The molecule has 2 heterocycles. The number of aromatic nitrogens is 2. The van der Waals surface area contributed by atoms with Crippen molar-refractivity contribution in [2.75, 3.05) is 11.9 Å². The van der Waals surface area contributed by atoms with Gasteiger partial charge in [0.1, 0.15) is 0 Å². The number of aromatic amines is 1. The van der Waals surface area contributed by atoms with Crippen LogP contribution in [0.5, 0.6) is 0 Å². The van der Waals surface area contributed by atoms with Gasteiger partial charge in [-0.1, -0.05) is 12.1 Å². The van der Waals surface area contributed by atoms with Crippen molar-refractivity contribution in [1.82, 2.24) is 15.5 Å². The number of anilines is 1. The van der Waals surface area contributed by atoms with E-state index in [9.17, 15) is 9.59 Å². The lowest BCUT2D eigenvalue weighted by atomic mass is 10.1. The summed E-state index contributed by atoms with van der Waals surface area (Å²) in [6.07, 6.45) is 1.93. The number of carbonyl (C=O) groups excluding carboxylic acids is 2. The molecule has 2 amide bonds. The Morgan fingerprint density at radius 3 is 2.95 bits per heavy atom. The Bertz CT molecular complexity index is 636. The van der Waals surface area contributed by atoms with Crippen LogP contribution in [0.2, 0.25) is 0 Å². The number of hydrogen-bond acceptors (Lipinski definition) is 3. The van der Waals surface area contributed by atoms with Gasteiger partial charge in [0, 0.05) is 30.4 Å². The second kappa shape index (κ2) is 5.16. The van der Waals surface area contributed by atoms with Gasteiger partial charge in [-0.15, -0.1) is 0 Å². The highest BCUT2D eigenvalue weighted by Crippen LogP contribution is 2.21. The van der Waals surface area contributed by atoms with Gasteiger partial charge < -0.3 is 10.6 Å². The van der Waals surface area contributed by atoms with Gasteiger partial charge in [0.2, 0.25) is 11.8 Å². The number of H-pyrrole nitrogens is 1. The molecule has 6 nitrogen and oxygen atoms in total. The summed E-state index contributed by atoms with van der Waals surface area (Å²) in [5.74, 6) is -0.500. The Morgan fingerprint density at radius 2 is 2.25 bits per heavy atom. The Kier molecular flexibility index (Phi) is 3.20. The van der Waals surface area contributed by atoms with Crippen LogP contribution in [0.3, 0.4) is 0 Å². The summed E-state index contributed by atoms with van der Waals surface area (Å²) in [7, 11) is 0. The molecule has 3 N–H and O–H groups in total. The molecule has 1 aliphatic rings. The Balaban J connectivity index is 1.73. The molecule has 20 heavy (non-hydrogen) atoms. The topological polar surface area (TPSA) is 86.9 Å². The van der Waals surface area contributed by atoms with Crippen molar-refractivity contribution in [3.8, 4) is 11.3 Å². The van der Waals surface area contributed by atoms with Crippen molar-refractivity contribution >= 4 is 17.5 Å². The van der Waals surface area contributed by atoms with E-state index in [1.165, 1.54) is 0 Å². The lowest BCUT2D eigenvalue weighted by Gasteiger charge is -2.10. The smallest absolute Gasteiger partial charge is 0.229 e. The Labute approximate surface area is 115 Å². The average Bonchev–Trinajstić information content (AvgIpc) is 3.10. The molecule has 0 radical (unpaired) electrons. The Morgan fingerprint density at radius 1 is 1.35 bits per heavy atom. The maximum absolute atomic E-state index is 12.0. The zero-order chi connectivity index (χ0) is 13.9. The first kappa shape index (κ1) is 12.4. The summed E-state index contributed by atoms with van der Waals surface area (Å²) >= 11 is 0. The minimum atomic E-state index is -0.293. The molecular weight excluding hydrogens is 256 g/mol. The van der Waals surface area contributed by atoms with Crippen LogP contribution in [0.1, 0.15) is 6.42 Å². The molecule has 1 aromatic heterocycles. The standard InChI is InChI=1S/C14H14N4O2/c19-13-7-10(8-15-13)14(20)17-11-3-1-2-9(6-11)12-4-5-16-18-12/h1-6,10H,7-8H2,(H,15,19)(H,16,18)(H,17,20). The fourth-order valence-corrected chi connectivity index (χ4v) is 2.22. The van der Waals surface area contributed by atoms with Crippen molar-refractivity contribution < 1.29 is 9.59 Å². The second-order valence-electron chi connectivity index (χ2n) is 4.75. The molecule has 0 aliphatic carbocycles. The number of carbonyl (C=O) groups is 2. The number of rotatable bonds is 3. The highest BCUT2D eigenvalue weighted by molar-refractivity contribution is 5.97. The van der Waals surface area contributed by atoms with Crippen LogP contribution in [-0.4, -0.2) is 28.6 Å². The molecule has 1 fully saturated rings. The molecule has 1 aromatic carbocycles. The van der Waals surface area contributed by atoms with E-state index in [0.717, 1.165) is 11.3 Å². The first-order valence-electron chi connectivity index (χ1n) is 6.40.